The SMILES string of the molecule is CC1(CN2CC(CN)OC2=O)CCC1. The van der Waals surface area contributed by atoms with Crippen molar-refractivity contribution in [2.45, 2.75) is 32.3 Å². The van der Waals surface area contributed by atoms with Crippen molar-refractivity contribution >= 4 is 6.09 Å². The molecule has 1 heterocycles. The number of ether oxygens (including phenoxy) is 1. The molecule has 1 saturated heterocycles. The molecular weight excluding hydrogens is 180 g/mol. The summed E-state index contributed by atoms with van der Waals surface area (Å²) in [7, 11) is 0. The zero-order chi connectivity index (χ0) is 10.2. The van der Waals surface area contributed by atoms with Crippen LogP contribution in [-0.4, -0.2) is 36.7 Å². The van der Waals surface area contributed by atoms with Gasteiger partial charge in [0.15, 0.2) is 0 Å². The Bertz CT molecular complexity index is 238. The highest BCUT2D eigenvalue weighted by Crippen LogP contribution is 2.41. The smallest absolute Gasteiger partial charge is 0.410 e. The van der Waals surface area contributed by atoms with E-state index >= 15 is 0 Å². The number of carbonyl (C=O) groups is 1. The molecule has 1 unspecified atom stereocenters. The maximum Gasteiger partial charge on any atom is 0.410 e. The second-order valence-electron chi connectivity index (χ2n) is 4.79. The van der Waals surface area contributed by atoms with E-state index in [4.69, 9.17) is 10.5 Å². The lowest BCUT2D eigenvalue weighted by molar-refractivity contribution is 0.0970. The molecule has 1 saturated carbocycles. The number of rotatable bonds is 3. The minimum absolute atomic E-state index is 0.0915. The molecule has 0 aromatic rings. The van der Waals surface area contributed by atoms with Gasteiger partial charge in [0, 0.05) is 13.1 Å². The predicted molar refractivity (Wildman–Crippen MR) is 52.9 cm³/mol. The maximum atomic E-state index is 11.4. The van der Waals surface area contributed by atoms with Crippen LogP contribution in [0, 0.1) is 5.41 Å². The Labute approximate surface area is 84.4 Å². The highest BCUT2D eigenvalue weighted by atomic mass is 16.6. The van der Waals surface area contributed by atoms with Gasteiger partial charge in [-0.15, -0.1) is 0 Å². The minimum Gasteiger partial charge on any atom is -0.443 e. The second kappa shape index (κ2) is 3.42. The van der Waals surface area contributed by atoms with E-state index < -0.39 is 0 Å². The van der Waals surface area contributed by atoms with Crippen molar-refractivity contribution in [1.82, 2.24) is 4.90 Å². The van der Waals surface area contributed by atoms with Gasteiger partial charge in [0.2, 0.25) is 0 Å². The van der Waals surface area contributed by atoms with E-state index in [9.17, 15) is 4.79 Å². The van der Waals surface area contributed by atoms with Gasteiger partial charge < -0.3 is 15.4 Å². The molecule has 0 spiro atoms. The van der Waals surface area contributed by atoms with Crippen LogP contribution in [0.15, 0.2) is 0 Å². The van der Waals surface area contributed by atoms with E-state index in [2.05, 4.69) is 6.92 Å². The van der Waals surface area contributed by atoms with Crippen LogP contribution >= 0.6 is 0 Å². The third-order valence-corrected chi connectivity index (χ3v) is 3.35. The molecule has 1 aliphatic carbocycles. The molecule has 2 rings (SSSR count). The normalized spacial score (nSPS) is 30.0. The highest BCUT2D eigenvalue weighted by Gasteiger charge is 2.39. The Morgan fingerprint density at radius 3 is 2.79 bits per heavy atom. The van der Waals surface area contributed by atoms with Crippen molar-refractivity contribution in [2.24, 2.45) is 11.1 Å². The van der Waals surface area contributed by atoms with Crippen LogP contribution in [0.3, 0.4) is 0 Å². The Hall–Kier alpha value is -0.770. The Balaban J connectivity index is 1.89. The molecule has 0 bridgehead atoms. The third kappa shape index (κ3) is 1.71. The highest BCUT2D eigenvalue weighted by molar-refractivity contribution is 5.70. The number of hydrogen-bond acceptors (Lipinski definition) is 3. The van der Waals surface area contributed by atoms with Crippen LogP contribution in [0.25, 0.3) is 0 Å². The van der Waals surface area contributed by atoms with Crippen LogP contribution < -0.4 is 5.73 Å². The predicted octanol–water partition coefficient (Wildman–Crippen LogP) is 0.956. The van der Waals surface area contributed by atoms with Gasteiger partial charge in [-0.25, -0.2) is 4.79 Å². The molecule has 14 heavy (non-hydrogen) atoms. The van der Waals surface area contributed by atoms with Gasteiger partial charge in [0.05, 0.1) is 6.54 Å². The molecular formula is C10H18N2O2. The molecule has 0 radical (unpaired) electrons. The molecule has 0 aromatic heterocycles. The molecule has 2 N–H and O–H groups in total. The summed E-state index contributed by atoms with van der Waals surface area (Å²) < 4.78 is 5.10. The summed E-state index contributed by atoms with van der Waals surface area (Å²) in [5, 5.41) is 0. The van der Waals surface area contributed by atoms with E-state index in [0.717, 1.165) is 6.54 Å². The van der Waals surface area contributed by atoms with Crippen molar-refractivity contribution in [1.29, 1.82) is 0 Å². The van der Waals surface area contributed by atoms with E-state index in [0.29, 0.717) is 18.5 Å². The number of nitrogens with zero attached hydrogens (tertiary/aromatic N) is 1. The van der Waals surface area contributed by atoms with Gasteiger partial charge >= 0.3 is 6.09 Å². The molecule has 80 valence electrons. The lowest BCUT2D eigenvalue weighted by Gasteiger charge is -2.40. The summed E-state index contributed by atoms with van der Waals surface area (Å²) in [5.74, 6) is 0. The largest absolute Gasteiger partial charge is 0.443 e. The third-order valence-electron chi connectivity index (χ3n) is 3.35. The van der Waals surface area contributed by atoms with E-state index in [-0.39, 0.29) is 12.2 Å². The van der Waals surface area contributed by atoms with E-state index in [1.807, 2.05) is 0 Å². The number of amides is 1. The fourth-order valence-electron chi connectivity index (χ4n) is 2.23. The maximum absolute atomic E-state index is 11.4. The van der Waals surface area contributed by atoms with Crippen molar-refractivity contribution in [2.75, 3.05) is 19.6 Å². The molecule has 2 aliphatic rings. The summed E-state index contributed by atoms with van der Waals surface area (Å²) in [6, 6.07) is 0. The van der Waals surface area contributed by atoms with Gasteiger partial charge in [0.1, 0.15) is 6.10 Å². The minimum atomic E-state index is -0.187. The zero-order valence-electron chi connectivity index (χ0n) is 8.66. The zero-order valence-corrected chi connectivity index (χ0v) is 8.66. The van der Waals surface area contributed by atoms with Crippen LogP contribution in [0.5, 0.6) is 0 Å². The summed E-state index contributed by atoms with van der Waals surface area (Å²) >= 11 is 0. The van der Waals surface area contributed by atoms with Crippen LogP contribution in [-0.2, 0) is 4.74 Å². The quantitative estimate of drug-likeness (QED) is 0.734. The first-order chi connectivity index (χ1) is 6.63. The Kier molecular flexibility index (Phi) is 2.39. The lowest BCUT2D eigenvalue weighted by atomic mass is 9.70. The van der Waals surface area contributed by atoms with Gasteiger partial charge in [-0.3, -0.25) is 0 Å². The first-order valence-corrected chi connectivity index (χ1v) is 5.29. The Morgan fingerprint density at radius 1 is 1.64 bits per heavy atom. The number of carbonyl (C=O) groups excluding carboxylic acids is 1. The van der Waals surface area contributed by atoms with Crippen molar-refractivity contribution in [3.05, 3.63) is 0 Å². The first kappa shape index (κ1) is 9.77. The molecule has 1 atom stereocenters. The standard InChI is InChI=1S/C10H18N2O2/c1-10(3-2-4-10)7-12-6-8(5-11)14-9(12)13/h8H,2-7,11H2,1H3. The van der Waals surface area contributed by atoms with E-state index in [1.54, 1.807) is 4.90 Å². The molecule has 4 nitrogen and oxygen atoms in total. The fourth-order valence-corrected chi connectivity index (χ4v) is 2.23. The summed E-state index contributed by atoms with van der Waals surface area (Å²) in [6.07, 6.45) is 3.47. The average Bonchev–Trinajstić information content (AvgIpc) is 2.45. The number of cyclic esters (lactones) is 1. The van der Waals surface area contributed by atoms with Gasteiger partial charge in [0.25, 0.3) is 0 Å². The molecule has 0 aromatic carbocycles. The van der Waals surface area contributed by atoms with Gasteiger partial charge in [-0.2, -0.15) is 0 Å². The number of nitrogens with two attached hydrogens (primary N) is 1. The summed E-state index contributed by atoms with van der Waals surface area (Å²) in [6.45, 7) is 4.17. The van der Waals surface area contributed by atoms with Crippen molar-refractivity contribution in [3.8, 4) is 0 Å². The summed E-state index contributed by atoms with van der Waals surface area (Å²) in [4.78, 5) is 13.2. The monoisotopic (exact) mass is 198 g/mol. The van der Waals surface area contributed by atoms with Gasteiger partial charge in [-0.05, 0) is 18.3 Å². The molecule has 2 fully saturated rings. The topological polar surface area (TPSA) is 55.6 Å². The number of hydrogen-bond donors (Lipinski definition) is 1. The first-order valence-electron chi connectivity index (χ1n) is 5.29. The van der Waals surface area contributed by atoms with Gasteiger partial charge in [-0.1, -0.05) is 13.3 Å². The van der Waals surface area contributed by atoms with Crippen LogP contribution in [0.1, 0.15) is 26.2 Å². The lowest BCUT2D eigenvalue weighted by Crippen LogP contribution is -2.41. The summed E-state index contributed by atoms with van der Waals surface area (Å²) in [5.41, 5.74) is 5.80. The second-order valence-corrected chi connectivity index (χ2v) is 4.79. The van der Waals surface area contributed by atoms with Crippen molar-refractivity contribution in [3.63, 3.8) is 0 Å². The van der Waals surface area contributed by atoms with Crippen LogP contribution in [0.4, 0.5) is 4.79 Å². The fraction of sp³-hybridized carbons (Fsp3) is 0.900. The van der Waals surface area contributed by atoms with Crippen LogP contribution in [0.2, 0.25) is 0 Å². The molecule has 4 heteroatoms. The van der Waals surface area contributed by atoms with Crippen molar-refractivity contribution < 1.29 is 9.53 Å². The molecule has 1 aliphatic heterocycles. The average molecular weight is 198 g/mol. The molecule has 1 amide bonds. The Morgan fingerprint density at radius 2 is 2.36 bits per heavy atom. The van der Waals surface area contributed by atoms with E-state index in [1.165, 1.54) is 19.3 Å².